The molecule has 5 heteroatoms. The number of halogens is 1. The summed E-state index contributed by atoms with van der Waals surface area (Å²) in [5.74, 6) is -0.451. The molecule has 2 rings (SSSR count). The standard InChI is InChI=1S/C15H18FNO3/c1-9(2)17(6-7-18)15(19)14-10(3)12-8-11(16)4-5-13(12)20-14/h4-5,8-9,18H,6-7H2,1-3H3. The van der Waals surface area contributed by atoms with E-state index in [1.54, 1.807) is 6.92 Å². The summed E-state index contributed by atoms with van der Waals surface area (Å²) in [7, 11) is 0. The normalized spacial score (nSPS) is 11.3. The third kappa shape index (κ3) is 2.54. The molecule has 20 heavy (non-hydrogen) atoms. The van der Waals surface area contributed by atoms with Crippen molar-refractivity contribution in [1.82, 2.24) is 4.90 Å². The van der Waals surface area contributed by atoms with Gasteiger partial charge in [-0.2, -0.15) is 0 Å². The van der Waals surface area contributed by atoms with Crippen LogP contribution in [0.1, 0.15) is 30.0 Å². The van der Waals surface area contributed by atoms with Gasteiger partial charge in [-0.15, -0.1) is 0 Å². The highest BCUT2D eigenvalue weighted by Gasteiger charge is 2.24. The smallest absolute Gasteiger partial charge is 0.290 e. The van der Waals surface area contributed by atoms with Crippen molar-refractivity contribution in [2.75, 3.05) is 13.2 Å². The Morgan fingerprint density at radius 2 is 2.15 bits per heavy atom. The zero-order chi connectivity index (χ0) is 14.9. The van der Waals surface area contributed by atoms with Gasteiger partial charge in [-0.1, -0.05) is 0 Å². The lowest BCUT2D eigenvalue weighted by molar-refractivity contribution is 0.0634. The van der Waals surface area contributed by atoms with Gasteiger partial charge in [0.2, 0.25) is 0 Å². The van der Waals surface area contributed by atoms with Crippen LogP contribution in [-0.2, 0) is 0 Å². The molecule has 0 atom stereocenters. The number of carbonyl (C=O) groups is 1. The average molecular weight is 279 g/mol. The SMILES string of the molecule is Cc1c(C(=O)N(CCO)C(C)C)oc2ccc(F)cc12. The fraction of sp³-hybridized carbons (Fsp3) is 0.400. The van der Waals surface area contributed by atoms with Crippen LogP contribution < -0.4 is 0 Å². The number of fused-ring (bicyclic) bond motifs is 1. The van der Waals surface area contributed by atoms with Gasteiger partial charge < -0.3 is 14.4 Å². The van der Waals surface area contributed by atoms with Gasteiger partial charge in [0.1, 0.15) is 11.4 Å². The van der Waals surface area contributed by atoms with Crippen LogP contribution in [0.4, 0.5) is 4.39 Å². The molecule has 0 fully saturated rings. The Balaban J connectivity index is 2.46. The van der Waals surface area contributed by atoms with Gasteiger partial charge in [-0.3, -0.25) is 4.79 Å². The summed E-state index contributed by atoms with van der Waals surface area (Å²) >= 11 is 0. The highest BCUT2D eigenvalue weighted by molar-refractivity contribution is 5.99. The third-order valence-corrected chi connectivity index (χ3v) is 3.32. The van der Waals surface area contributed by atoms with Crippen LogP contribution >= 0.6 is 0 Å². The van der Waals surface area contributed by atoms with E-state index in [9.17, 15) is 9.18 Å². The number of furan rings is 1. The molecule has 0 aliphatic rings. The van der Waals surface area contributed by atoms with Crippen molar-refractivity contribution in [2.24, 2.45) is 0 Å². The summed E-state index contributed by atoms with van der Waals surface area (Å²) in [6, 6.07) is 4.11. The fourth-order valence-corrected chi connectivity index (χ4v) is 2.23. The number of aryl methyl sites for hydroxylation is 1. The molecule has 1 heterocycles. The van der Waals surface area contributed by atoms with Gasteiger partial charge in [0.05, 0.1) is 6.61 Å². The number of carbonyl (C=O) groups excluding carboxylic acids is 1. The molecule has 0 spiro atoms. The van der Waals surface area contributed by atoms with Crippen molar-refractivity contribution >= 4 is 16.9 Å². The number of aliphatic hydroxyl groups excluding tert-OH is 1. The lowest BCUT2D eigenvalue weighted by Gasteiger charge is -2.25. The number of rotatable bonds is 4. The molecular formula is C15H18FNO3. The van der Waals surface area contributed by atoms with Crippen molar-refractivity contribution in [3.05, 3.63) is 35.3 Å². The van der Waals surface area contributed by atoms with Crippen LogP contribution in [0.2, 0.25) is 0 Å². The lowest BCUT2D eigenvalue weighted by Crippen LogP contribution is -2.39. The maximum Gasteiger partial charge on any atom is 0.290 e. The maximum absolute atomic E-state index is 13.3. The Kier molecular flexibility index (Phi) is 4.09. The van der Waals surface area contributed by atoms with E-state index in [4.69, 9.17) is 9.52 Å². The largest absolute Gasteiger partial charge is 0.451 e. The Morgan fingerprint density at radius 1 is 1.45 bits per heavy atom. The minimum absolute atomic E-state index is 0.0565. The number of nitrogens with zero attached hydrogens (tertiary/aromatic N) is 1. The molecule has 0 bridgehead atoms. The average Bonchev–Trinajstić information content (AvgIpc) is 2.72. The van der Waals surface area contributed by atoms with Crippen LogP contribution in [0.25, 0.3) is 11.0 Å². The molecule has 0 radical (unpaired) electrons. The van der Waals surface area contributed by atoms with E-state index in [0.717, 1.165) is 0 Å². The Bertz CT molecular complexity index is 633. The minimum Gasteiger partial charge on any atom is -0.451 e. The second-order valence-corrected chi connectivity index (χ2v) is 5.01. The van der Waals surface area contributed by atoms with E-state index < -0.39 is 0 Å². The third-order valence-electron chi connectivity index (χ3n) is 3.32. The number of aliphatic hydroxyl groups is 1. The molecule has 108 valence electrons. The Labute approximate surface area is 116 Å². The Morgan fingerprint density at radius 3 is 2.75 bits per heavy atom. The number of amides is 1. The lowest BCUT2D eigenvalue weighted by atomic mass is 10.1. The number of benzene rings is 1. The molecule has 4 nitrogen and oxygen atoms in total. The molecule has 1 aromatic carbocycles. The quantitative estimate of drug-likeness (QED) is 0.936. The highest BCUT2D eigenvalue weighted by Crippen LogP contribution is 2.27. The van der Waals surface area contributed by atoms with Crippen LogP contribution in [0, 0.1) is 12.7 Å². The van der Waals surface area contributed by atoms with Gasteiger partial charge in [0, 0.05) is 23.5 Å². The molecular weight excluding hydrogens is 261 g/mol. The summed E-state index contributed by atoms with van der Waals surface area (Å²) in [6.07, 6.45) is 0. The van der Waals surface area contributed by atoms with Crippen LogP contribution in [0.15, 0.2) is 22.6 Å². The molecule has 0 saturated carbocycles. The fourth-order valence-electron chi connectivity index (χ4n) is 2.23. The van der Waals surface area contributed by atoms with Crippen LogP contribution in [-0.4, -0.2) is 35.1 Å². The van der Waals surface area contributed by atoms with E-state index in [0.29, 0.717) is 16.5 Å². The molecule has 0 saturated heterocycles. The minimum atomic E-state index is -0.364. The van der Waals surface area contributed by atoms with Crippen molar-refractivity contribution in [2.45, 2.75) is 26.8 Å². The first-order valence-electron chi connectivity index (χ1n) is 6.56. The second kappa shape index (κ2) is 5.63. The summed E-state index contributed by atoms with van der Waals surface area (Å²) in [4.78, 5) is 14.0. The van der Waals surface area contributed by atoms with E-state index >= 15 is 0 Å². The molecule has 0 aliphatic carbocycles. The van der Waals surface area contributed by atoms with Crippen molar-refractivity contribution in [3.8, 4) is 0 Å². The first kappa shape index (κ1) is 14.5. The van der Waals surface area contributed by atoms with Crippen molar-refractivity contribution in [1.29, 1.82) is 0 Å². The monoisotopic (exact) mass is 279 g/mol. The molecule has 0 aliphatic heterocycles. The number of hydrogen-bond donors (Lipinski definition) is 1. The predicted octanol–water partition coefficient (Wildman–Crippen LogP) is 2.72. The molecule has 0 unspecified atom stereocenters. The van der Waals surface area contributed by atoms with Gasteiger partial charge in [0.25, 0.3) is 5.91 Å². The van der Waals surface area contributed by atoms with E-state index in [1.807, 2.05) is 13.8 Å². The first-order valence-corrected chi connectivity index (χ1v) is 6.56. The van der Waals surface area contributed by atoms with E-state index in [2.05, 4.69) is 0 Å². The number of hydrogen-bond acceptors (Lipinski definition) is 3. The Hall–Kier alpha value is -1.88. The summed E-state index contributed by atoms with van der Waals surface area (Å²) in [5.41, 5.74) is 1.10. The van der Waals surface area contributed by atoms with Crippen LogP contribution in [0.3, 0.4) is 0 Å². The zero-order valence-electron chi connectivity index (χ0n) is 11.8. The molecule has 1 amide bonds. The maximum atomic E-state index is 13.3. The molecule has 2 aromatic rings. The molecule has 1 aromatic heterocycles. The van der Waals surface area contributed by atoms with E-state index in [-0.39, 0.29) is 36.7 Å². The van der Waals surface area contributed by atoms with Crippen LogP contribution in [0.5, 0.6) is 0 Å². The molecule has 1 N–H and O–H groups in total. The van der Waals surface area contributed by atoms with Gasteiger partial charge in [0.15, 0.2) is 5.76 Å². The topological polar surface area (TPSA) is 53.7 Å². The van der Waals surface area contributed by atoms with Gasteiger partial charge in [-0.25, -0.2) is 4.39 Å². The summed E-state index contributed by atoms with van der Waals surface area (Å²) in [5, 5.41) is 9.65. The van der Waals surface area contributed by atoms with Crippen molar-refractivity contribution < 1.29 is 18.7 Å². The summed E-state index contributed by atoms with van der Waals surface area (Å²) in [6.45, 7) is 5.59. The van der Waals surface area contributed by atoms with Gasteiger partial charge in [-0.05, 0) is 39.0 Å². The van der Waals surface area contributed by atoms with Crippen molar-refractivity contribution in [3.63, 3.8) is 0 Å². The highest BCUT2D eigenvalue weighted by atomic mass is 19.1. The first-order chi connectivity index (χ1) is 9.45. The van der Waals surface area contributed by atoms with E-state index in [1.165, 1.54) is 23.1 Å². The predicted molar refractivity (Wildman–Crippen MR) is 74.2 cm³/mol. The summed E-state index contributed by atoms with van der Waals surface area (Å²) < 4.78 is 18.8. The van der Waals surface area contributed by atoms with Gasteiger partial charge >= 0.3 is 0 Å². The zero-order valence-corrected chi connectivity index (χ0v) is 11.8. The second-order valence-electron chi connectivity index (χ2n) is 5.01.